The van der Waals surface area contributed by atoms with Crippen LogP contribution in [0.5, 0.6) is 0 Å². The van der Waals surface area contributed by atoms with Gasteiger partial charge in [0.2, 0.25) is 5.91 Å². The predicted molar refractivity (Wildman–Crippen MR) is 105 cm³/mol. The number of alkyl halides is 1. The Balaban J connectivity index is 1.39. The van der Waals surface area contributed by atoms with E-state index in [4.69, 9.17) is 4.99 Å². The van der Waals surface area contributed by atoms with Gasteiger partial charge in [-0.05, 0) is 70.6 Å². The van der Waals surface area contributed by atoms with Crippen LogP contribution in [0.25, 0.3) is 0 Å². The van der Waals surface area contributed by atoms with E-state index in [-0.39, 0.29) is 11.8 Å². The fourth-order valence-electron chi connectivity index (χ4n) is 5.35. The molecule has 27 heavy (non-hydrogen) atoms. The molecule has 2 aliphatic heterocycles. The largest absolute Gasteiger partial charge is 0.340 e. The summed E-state index contributed by atoms with van der Waals surface area (Å²) in [5.41, 5.74) is -1.84. The first-order valence-corrected chi connectivity index (χ1v) is 11.0. The Labute approximate surface area is 164 Å². The van der Waals surface area contributed by atoms with Crippen LogP contribution in [0, 0.1) is 17.8 Å². The van der Waals surface area contributed by atoms with Crippen molar-refractivity contribution in [3.63, 3.8) is 0 Å². The minimum absolute atomic E-state index is 0.0324. The Morgan fingerprint density at radius 2 is 1.96 bits per heavy atom. The molecular formula is C20H30FN3O2S. The molecule has 1 N–H and O–H groups in total. The number of carbonyl (C=O) groups is 2. The maximum Gasteiger partial charge on any atom is 0.259 e. The molecule has 1 unspecified atom stereocenters. The summed E-state index contributed by atoms with van der Waals surface area (Å²) >= 11 is 1.57. The van der Waals surface area contributed by atoms with Gasteiger partial charge in [0.1, 0.15) is 4.75 Å². The molecule has 2 saturated carbocycles. The van der Waals surface area contributed by atoms with Crippen molar-refractivity contribution >= 4 is 28.7 Å². The van der Waals surface area contributed by atoms with Gasteiger partial charge in [0.15, 0.2) is 10.8 Å². The van der Waals surface area contributed by atoms with Crippen LogP contribution < -0.4 is 5.32 Å². The van der Waals surface area contributed by atoms with Crippen LogP contribution in [0.1, 0.15) is 59.3 Å². The topological polar surface area (TPSA) is 61.8 Å². The van der Waals surface area contributed by atoms with Crippen molar-refractivity contribution in [1.29, 1.82) is 0 Å². The van der Waals surface area contributed by atoms with Gasteiger partial charge in [0.05, 0.1) is 6.04 Å². The van der Waals surface area contributed by atoms with E-state index in [1.165, 1.54) is 39.5 Å². The van der Waals surface area contributed by atoms with Gasteiger partial charge in [-0.2, -0.15) is 0 Å². The van der Waals surface area contributed by atoms with Gasteiger partial charge in [-0.15, -0.1) is 0 Å². The minimum Gasteiger partial charge on any atom is -0.340 e. The van der Waals surface area contributed by atoms with Crippen LogP contribution in [0.4, 0.5) is 4.39 Å². The summed E-state index contributed by atoms with van der Waals surface area (Å²) < 4.78 is 13.4. The van der Waals surface area contributed by atoms with E-state index in [0.29, 0.717) is 25.0 Å². The highest BCUT2D eigenvalue weighted by atomic mass is 32.2. The number of carbonyl (C=O) groups excluding carboxylic acids is 2. The molecule has 4 atom stereocenters. The second-order valence-electron chi connectivity index (χ2n) is 9.38. The van der Waals surface area contributed by atoms with E-state index < -0.39 is 16.3 Å². The standard InChI is InChI=1S/C20H30FN3O2S/c1-19(2,21)17(26)24-8-6-14(7-9-24)20(3)16(25)23-18(27-20)22-15-11-12-4-5-13(15)10-12/h12-15H,4-11H2,1-3H3,(H,22,23,25)/t12-,13+,15+,20?/m1/s1. The first-order valence-electron chi connectivity index (χ1n) is 10.2. The van der Waals surface area contributed by atoms with Gasteiger partial charge in [-0.25, -0.2) is 4.39 Å². The zero-order valence-electron chi connectivity index (χ0n) is 16.5. The number of halogens is 1. The zero-order chi connectivity index (χ0) is 19.4. The molecule has 0 aromatic carbocycles. The van der Waals surface area contributed by atoms with E-state index in [1.807, 2.05) is 6.92 Å². The number of aliphatic imine (C=N–C) groups is 1. The molecule has 2 amide bonds. The van der Waals surface area contributed by atoms with Gasteiger partial charge in [-0.3, -0.25) is 14.6 Å². The van der Waals surface area contributed by atoms with E-state index >= 15 is 0 Å². The van der Waals surface area contributed by atoms with Crippen molar-refractivity contribution in [3.05, 3.63) is 0 Å². The smallest absolute Gasteiger partial charge is 0.259 e. The molecule has 0 radical (unpaired) electrons. The molecule has 0 aromatic heterocycles. The third-order valence-electron chi connectivity index (χ3n) is 7.03. The summed E-state index contributed by atoms with van der Waals surface area (Å²) in [6.07, 6.45) is 6.53. The fourth-order valence-corrected chi connectivity index (χ4v) is 6.63. The first kappa shape index (κ1) is 19.2. The minimum atomic E-state index is -1.84. The zero-order valence-corrected chi connectivity index (χ0v) is 17.3. The molecule has 0 aromatic rings. The lowest BCUT2D eigenvalue weighted by Gasteiger charge is -2.39. The van der Waals surface area contributed by atoms with E-state index in [9.17, 15) is 14.0 Å². The predicted octanol–water partition coefficient (Wildman–Crippen LogP) is 3.14. The van der Waals surface area contributed by atoms with E-state index in [2.05, 4.69) is 5.32 Å². The van der Waals surface area contributed by atoms with Crippen LogP contribution >= 0.6 is 11.8 Å². The summed E-state index contributed by atoms with van der Waals surface area (Å²) in [6, 6.07) is 0.375. The normalized spacial score (nSPS) is 38.7. The van der Waals surface area contributed by atoms with Crippen LogP contribution in [0.2, 0.25) is 0 Å². The second kappa shape index (κ2) is 6.75. The fraction of sp³-hybridized carbons (Fsp3) is 0.850. The SMILES string of the molecule is CC(C)(F)C(=O)N1CCC(C2(C)SC(=N[C@H]3C[C@@H]4CC[C@H]3C4)NC2=O)CC1. The quantitative estimate of drug-likeness (QED) is 0.799. The van der Waals surface area contributed by atoms with Gasteiger partial charge < -0.3 is 10.2 Å². The molecule has 2 heterocycles. The highest BCUT2D eigenvalue weighted by molar-refractivity contribution is 8.16. The Bertz CT molecular complexity index is 669. The van der Waals surface area contributed by atoms with E-state index in [0.717, 1.165) is 23.9 Å². The molecule has 4 aliphatic rings. The number of hydrogen-bond acceptors (Lipinski definition) is 4. The molecule has 2 bridgehead atoms. The summed E-state index contributed by atoms with van der Waals surface area (Å²) in [5, 5.41) is 3.80. The molecule has 2 saturated heterocycles. The maximum atomic E-state index is 13.9. The number of thioether (sulfide) groups is 1. The van der Waals surface area contributed by atoms with Crippen LogP contribution in [-0.4, -0.2) is 51.4 Å². The van der Waals surface area contributed by atoms with E-state index in [1.54, 1.807) is 16.7 Å². The van der Waals surface area contributed by atoms with Crippen molar-refractivity contribution in [2.45, 2.75) is 75.8 Å². The lowest BCUT2D eigenvalue weighted by molar-refractivity contribution is -0.143. The van der Waals surface area contributed by atoms with Gasteiger partial charge in [0.25, 0.3) is 5.91 Å². The lowest BCUT2D eigenvalue weighted by atomic mass is 9.83. The number of hydrogen-bond donors (Lipinski definition) is 1. The summed E-state index contributed by atoms with van der Waals surface area (Å²) in [4.78, 5) is 31.4. The van der Waals surface area contributed by atoms with Crippen molar-refractivity contribution in [3.8, 4) is 0 Å². The third kappa shape index (κ3) is 3.52. The molecule has 2 aliphatic carbocycles. The molecule has 4 rings (SSSR count). The Hall–Kier alpha value is -1.11. The number of likely N-dealkylation sites (tertiary alicyclic amines) is 1. The molecule has 150 valence electrons. The van der Waals surface area contributed by atoms with Crippen LogP contribution in [0.15, 0.2) is 4.99 Å². The van der Waals surface area contributed by atoms with Crippen molar-refractivity contribution in [2.24, 2.45) is 22.7 Å². The number of piperidine rings is 1. The van der Waals surface area contributed by atoms with Gasteiger partial charge in [-0.1, -0.05) is 18.2 Å². The molecular weight excluding hydrogens is 365 g/mol. The summed E-state index contributed by atoms with van der Waals surface area (Å²) in [6.45, 7) is 5.64. The Kier molecular flexibility index (Phi) is 4.80. The second-order valence-corrected chi connectivity index (χ2v) is 10.8. The van der Waals surface area contributed by atoms with Crippen LogP contribution in [-0.2, 0) is 9.59 Å². The number of nitrogens with zero attached hydrogens (tertiary/aromatic N) is 2. The van der Waals surface area contributed by atoms with Crippen molar-refractivity contribution in [2.75, 3.05) is 13.1 Å². The Morgan fingerprint density at radius 1 is 1.26 bits per heavy atom. The van der Waals surface area contributed by atoms with Crippen molar-refractivity contribution in [1.82, 2.24) is 10.2 Å². The monoisotopic (exact) mass is 395 g/mol. The van der Waals surface area contributed by atoms with Crippen molar-refractivity contribution < 1.29 is 14.0 Å². The third-order valence-corrected chi connectivity index (χ3v) is 8.38. The number of fused-ring (bicyclic) bond motifs is 2. The number of rotatable bonds is 3. The average molecular weight is 396 g/mol. The molecule has 7 heteroatoms. The summed E-state index contributed by atoms with van der Waals surface area (Å²) in [5.74, 6) is 1.28. The highest BCUT2D eigenvalue weighted by Gasteiger charge is 2.50. The average Bonchev–Trinajstić information content (AvgIpc) is 3.29. The number of nitrogens with one attached hydrogen (secondary N) is 1. The van der Waals surface area contributed by atoms with Gasteiger partial charge >= 0.3 is 0 Å². The molecule has 0 spiro atoms. The number of amidine groups is 1. The highest BCUT2D eigenvalue weighted by Crippen LogP contribution is 2.48. The molecule has 4 fully saturated rings. The lowest BCUT2D eigenvalue weighted by Crippen LogP contribution is -2.50. The Morgan fingerprint density at radius 3 is 2.52 bits per heavy atom. The summed E-state index contributed by atoms with van der Waals surface area (Å²) in [7, 11) is 0. The first-order chi connectivity index (χ1) is 12.7. The number of amides is 2. The van der Waals surface area contributed by atoms with Crippen LogP contribution in [0.3, 0.4) is 0 Å². The van der Waals surface area contributed by atoms with Gasteiger partial charge in [0, 0.05) is 13.1 Å². The maximum absolute atomic E-state index is 13.9. The molecule has 5 nitrogen and oxygen atoms in total.